The first-order valence-corrected chi connectivity index (χ1v) is 6.79. The molecule has 90 valence electrons. The Morgan fingerprint density at radius 2 is 1.94 bits per heavy atom. The number of benzene rings is 1. The molecular formula is C13H17BrClF. The smallest absolute Gasteiger partial charge is 0.126 e. The summed E-state index contributed by atoms with van der Waals surface area (Å²) in [6.45, 7) is 6.42. The first-order valence-electron chi connectivity index (χ1n) is 5.49. The lowest BCUT2D eigenvalue weighted by molar-refractivity contribution is 0.378. The van der Waals surface area contributed by atoms with Crippen molar-refractivity contribution in [1.82, 2.24) is 0 Å². The van der Waals surface area contributed by atoms with Gasteiger partial charge in [-0.05, 0) is 42.0 Å². The second kappa shape index (κ2) is 6.02. The Labute approximate surface area is 110 Å². The van der Waals surface area contributed by atoms with E-state index in [4.69, 9.17) is 11.6 Å². The quantitative estimate of drug-likeness (QED) is 0.681. The predicted molar refractivity (Wildman–Crippen MR) is 71.8 cm³/mol. The van der Waals surface area contributed by atoms with Crippen LogP contribution in [0, 0.1) is 17.7 Å². The van der Waals surface area contributed by atoms with Crippen molar-refractivity contribution in [1.29, 1.82) is 0 Å². The molecule has 0 heterocycles. The highest BCUT2D eigenvalue weighted by Gasteiger charge is 2.20. The minimum atomic E-state index is -0.164. The van der Waals surface area contributed by atoms with Crippen LogP contribution in [0.3, 0.4) is 0 Å². The molecule has 0 saturated carbocycles. The minimum Gasteiger partial charge on any atom is -0.207 e. The minimum absolute atomic E-state index is 0.164. The van der Waals surface area contributed by atoms with E-state index >= 15 is 0 Å². The van der Waals surface area contributed by atoms with Crippen LogP contribution in [0.4, 0.5) is 4.39 Å². The second-order valence-corrected chi connectivity index (χ2v) is 6.41. The fourth-order valence-electron chi connectivity index (χ4n) is 1.88. The summed E-state index contributed by atoms with van der Waals surface area (Å²) in [5.74, 6) is 0.754. The Hall–Kier alpha value is -0.0800. The van der Waals surface area contributed by atoms with Gasteiger partial charge in [0.05, 0.1) is 0 Å². The van der Waals surface area contributed by atoms with Gasteiger partial charge < -0.3 is 0 Å². The van der Waals surface area contributed by atoms with Crippen LogP contribution < -0.4 is 0 Å². The zero-order valence-corrected chi connectivity index (χ0v) is 12.1. The highest BCUT2D eigenvalue weighted by atomic mass is 79.9. The summed E-state index contributed by atoms with van der Waals surface area (Å²) in [7, 11) is 0. The van der Waals surface area contributed by atoms with Crippen LogP contribution in [-0.4, -0.2) is 4.83 Å². The molecule has 0 spiro atoms. The molecule has 2 atom stereocenters. The number of halogens is 3. The van der Waals surface area contributed by atoms with E-state index in [1.54, 1.807) is 12.1 Å². The second-order valence-electron chi connectivity index (χ2n) is 4.53. The molecule has 0 amide bonds. The van der Waals surface area contributed by atoms with Gasteiger partial charge in [-0.3, -0.25) is 0 Å². The van der Waals surface area contributed by atoms with Crippen molar-refractivity contribution in [3.05, 3.63) is 34.6 Å². The largest absolute Gasteiger partial charge is 0.207 e. The molecule has 1 aromatic rings. The maximum absolute atomic E-state index is 13.6. The Morgan fingerprint density at radius 1 is 1.31 bits per heavy atom. The van der Waals surface area contributed by atoms with E-state index in [0.29, 0.717) is 27.2 Å². The van der Waals surface area contributed by atoms with E-state index in [1.807, 2.05) is 0 Å². The van der Waals surface area contributed by atoms with Crippen LogP contribution >= 0.6 is 27.5 Å². The fraction of sp³-hybridized carbons (Fsp3) is 0.538. The van der Waals surface area contributed by atoms with Crippen molar-refractivity contribution in [3.8, 4) is 0 Å². The molecule has 0 fully saturated rings. The average molecular weight is 308 g/mol. The van der Waals surface area contributed by atoms with E-state index in [0.717, 1.165) is 6.42 Å². The van der Waals surface area contributed by atoms with Crippen molar-refractivity contribution in [3.63, 3.8) is 0 Å². The zero-order valence-electron chi connectivity index (χ0n) is 9.81. The molecule has 0 aliphatic carbocycles. The van der Waals surface area contributed by atoms with Crippen LogP contribution in [0.5, 0.6) is 0 Å². The van der Waals surface area contributed by atoms with E-state index < -0.39 is 0 Å². The monoisotopic (exact) mass is 306 g/mol. The van der Waals surface area contributed by atoms with Gasteiger partial charge in [-0.25, -0.2) is 4.39 Å². The Kier molecular flexibility index (Phi) is 5.26. The standard InChI is InChI=1S/C13H17BrClF/c1-8(2)12(9(3)14)7-10-6-11(15)4-5-13(10)16/h4-6,8-9,12H,7H2,1-3H3. The molecule has 0 aliphatic rings. The van der Waals surface area contributed by atoms with Gasteiger partial charge in [-0.15, -0.1) is 0 Å². The predicted octanol–water partition coefficient (Wildman–Crippen LogP) is 5.08. The molecular weight excluding hydrogens is 290 g/mol. The summed E-state index contributed by atoms with van der Waals surface area (Å²) in [5, 5.41) is 0.598. The highest BCUT2D eigenvalue weighted by molar-refractivity contribution is 9.09. The first kappa shape index (κ1) is 14.0. The summed E-state index contributed by atoms with van der Waals surface area (Å²) < 4.78 is 13.6. The SMILES string of the molecule is CC(C)C(Cc1cc(Cl)ccc1F)C(C)Br. The van der Waals surface area contributed by atoms with E-state index in [9.17, 15) is 4.39 Å². The normalized spacial score (nSPS) is 15.2. The number of alkyl halides is 1. The van der Waals surface area contributed by atoms with Crippen molar-refractivity contribution in [2.45, 2.75) is 32.0 Å². The Balaban J connectivity index is 2.89. The zero-order chi connectivity index (χ0) is 12.3. The molecule has 0 aliphatic heterocycles. The van der Waals surface area contributed by atoms with Gasteiger partial charge in [0.15, 0.2) is 0 Å². The van der Waals surface area contributed by atoms with Crippen LogP contribution in [0.25, 0.3) is 0 Å². The highest BCUT2D eigenvalue weighted by Crippen LogP contribution is 2.27. The van der Waals surface area contributed by atoms with Crippen molar-refractivity contribution >= 4 is 27.5 Å². The summed E-state index contributed by atoms with van der Waals surface area (Å²) in [5.41, 5.74) is 0.706. The Morgan fingerprint density at radius 3 is 2.44 bits per heavy atom. The average Bonchev–Trinajstić information content (AvgIpc) is 2.18. The van der Waals surface area contributed by atoms with E-state index in [-0.39, 0.29) is 5.82 Å². The third-order valence-corrected chi connectivity index (χ3v) is 3.82. The molecule has 16 heavy (non-hydrogen) atoms. The fourth-order valence-corrected chi connectivity index (χ4v) is 2.87. The van der Waals surface area contributed by atoms with Crippen LogP contribution in [0.15, 0.2) is 18.2 Å². The van der Waals surface area contributed by atoms with E-state index in [1.165, 1.54) is 6.07 Å². The topological polar surface area (TPSA) is 0 Å². The molecule has 3 heteroatoms. The molecule has 1 rings (SSSR count). The number of hydrogen-bond donors (Lipinski definition) is 0. The van der Waals surface area contributed by atoms with Crippen molar-refractivity contribution in [2.75, 3.05) is 0 Å². The Bertz CT molecular complexity index is 342. The maximum Gasteiger partial charge on any atom is 0.126 e. The van der Waals surface area contributed by atoms with Crippen molar-refractivity contribution in [2.24, 2.45) is 11.8 Å². The first-order chi connectivity index (χ1) is 7.41. The molecule has 0 saturated heterocycles. The van der Waals surface area contributed by atoms with E-state index in [2.05, 4.69) is 36.7 Å². The summed E-state index contributed by atoms with van der Waals surface area (Å²) in [4.78, 5) is 0.367. The third kappa shape index (κ3) is 3.74. The van der Waals surface area contributed by atoms with Gasteiger partial charge in [-0.2, -0.15) is 0 Å². The summed E-state index contributed by atoms with van der Waals surface area (Å²) >= 11 is 9.47. The lowest BCUT2D eigenvalue weighted by Crippen LogP contribution is -2.20. The van der Waals surface area contributed by atoms with Gasteiger partial charge >= 0.3 is 0 Å². The molecule has 2 unspecified atom stereocenters. The van der Waals surface area contributed by atoms with Gasteiger partial charge in [-0.1, -0.05) is 48.3 Å². The van der Waals surface area contributed by atoms with Gasteiger partial charge in [0, 0.05) is 9.85 Å². The number of rotatable bonds is 4. The van der Waals surface area contributed by atoms with Crippen LogP contribution in [0.1, 0.15) is 26.3 Å². The van der Waals surface area contributed by atoms with Gasteiger partial charge in [0.25, 0.3) is 0 Å². The molecule has 0 nitrogen and oxygen atoms in total. The maximum atomic E-state index is 13.6. The van der Waals surface area contributed by atoms with Crippen LogP contribution in [-0.2, 0) is 6.42 Å². The molecule has 0 bridgehead atoms. The third-order valence-electron chi connectivity index (χ3n) is 2.91. The van der Waals surface area contributed by atoms with Gasteiger partial charge in [0.1, 0.15) is 5.82 Å². The van der Waals surface area contributed by atoms with Crippen LogP contribution in [0.2, 0.25) is 5.02 Å². The molecule has 0 radical (unpaired) electrons. The lowest BCUT2D eigenvalue weighted by atomic mass is 9.87. The molecule has 1 aromatic carbocycles. The summed E-state index contributed by atoms with van der Waals surface area (Å²) in [6.07, 6.45) is 0.719. The molecule has 0 N–H and O–H groups in total. The summed E-state index contributed by atoms with van der Waals surface area (Å²) in [6, 6.07) is 4.75. The lowest BCUT2D eigenvalue weighted by Gasteiger charge is -2.23. The molecule has 0 aromatic heterocycles. The number of hydrogen-bond acceptors (Lipinski definition) is 0. The van der Waals surface area contributed by atoms with Crippen molar-refractivity contribution < 1.29 is 4.39 Å². The van der Waals surface area contributed by atoms with Gasteiger partial charge in [0.2, 0.25) is 0 Å².